The largest absolute Gasteiger partial charge is 0.262 e. The van der Waals surface area contributed by atoms with E-state index in [4.69, 9.17) is 0 Å². The fourth-order valence-corrected chi connectivity index (χ4v) is 2.07. The lowest BCUT2D eigenvalue weighted by Crippen LogP contribution is -1.90. The molecule has 0 aliphatic rings. The van der Waals surface area contributed by atoms with Gasteiger partial charge in [0.15, 0.2) is 5.82 Å². The molecule has 1 N–H and O–H groups in total. The predicted octanol–water partition coefficient (Wildman–Crippen LogP) is 3.51. The maximum Gasteiger partial charge on any atom is 0.182 e. The van der Waals surface area contributed by atoms with E-state index in [2.05, 4.69) is 70.7 Å². The number of aromatic nitrogens is 3. The Morgan fingerprint density at radius 3 is 2.69 bits per heavy atom. The Kier molecular flexibility index (Phi) is 3.28. The second kappa shape index (κ2) is 4.53. The Bertz CT molecular complexity index is 503. The zero-order valence-electron chi connectivity index (χ0n) is 9.58. The molecule has 0 fully saturated rings. The number of aryl methyl sites for hydroxylation is 1. The van der Waals surface area contributed by atoms with Crippen molar-refractivity contribution >= 4 is 22.6 Å². The van der Waals surface area contributed by atoms with Crippen LogP contribution in [0.1, 0.15) is 31.2 Å². The molecule has 1 aromatic carbocycles. The molecule has 0 saturated carbocycles. The number of nitrogens with zero attached hydrogens (tertiary/aromatic N) is 2. The average molecular weight is 327 g/mol. The van der Waals surface area contributed by atoms with E-state index in [1.807, 2.05) is 6.07 Å². The van der Waals surface area contributed by atoms with E-state index in [1.165, 1.54) is 9.13 Å². The van der Waals surface area contributed by atoms with Crippen LogP contribution in [0.25, 0.3) is 11.4 Å². The van der Waals surface area contributed by atoms with Gasteiger partial charge in [0.2, 0.25) is 0 Å². The van der Waals surface area contributed by atoms with Crippen molar-refractivity contribution in [3.8, 4) is 11.4 Å². The van der Waals surface area contributed by atoms with E-state index in [1.54, 1.807) is 0 Å². The number of hydrogen-bond donors (Lipinski definition) is 1. The lowest BCUT2D eigenvalue weighted by Gasteiger charge is -2.02. The highest BCUT2D eigenvalue weighted by Crippen LogP contribution is 2.25. The van der Waals surface area contributed by atoms with E-state index in [9.17, 15) is 0 Å². The molecular formula is C12H14IN3. The fourth-order valence-electron chi connectivity index (χ4n) is 1.47. The van der Waals surface area contributed by atoms with E-state index in [-0.39, 0.29) is 0 Å². The summed E-state index contributed by atoms with van der Waals surface area (Å²) < 4.78 is 1.22. The number of rotatable bonds is 2. The summed E-state index contributed by atoms with van der Waals surface area (Å²) in [7, 11) is 0. The molecule has 0 saturated heterocycles. The third-order valence-corrected chi connectivity index (χ3v) is 3.91. The number of halogens is 1. The highest BCUT2D eigenvalue weighted by molar-refractivity contribution is 14.1. The van der Waals surface area contributed by atoms with Gasteiger partial charge in [-0.2, -0.15) is 5.10 Å². The minimum atomic E-state index is 0.378. The van der Waals surface area contributed by atoms with Gasteiger partial charge < -0.3 is 0 Å². The molecule has 16 heavy (non-hydrogen) atoms. The third kappa shape index (κ3) is 2.11. The van der Waals surface area contributed by atoms with Crippen LogP contribution >= 0.6 is 22.6 Å². The molecule has 0 radical (unpaired) electrons. The summed E-state index contributed by atoms with van der Waals surface area (Å²) in [6.45, 7) is 6.30. The summed E-state index contributed by atoms with van der Waals surface area (Å²) in [4.78, 5) is 4.51. The van der Waals surface area contributed by atoms with Crippen LogP contribution in [0, 0.1) is 10.5 Å². The maximum atomic E-state index is 4.51. The van der Waals surface area contributed by atoms with Crippen LogP contribution < -0.4 is 0 Å². The minimum Gasteiger partial charge on any atom is -0.262 e. The van der Waals surface area contributed by atoms with Crippen LogP contribution in [0.5, 0.6) is 0 Å². The summed E-state index contributed by atoms with van der Waals surface area (Å²) >= 11 is 2.34. The molecule has 0 aliphatic carbocycles. The van der Waals surface area contributed by atoms with Crippen molar-refractivity contribution in [1.29, 1.82) is 0 Å². The second-order valence-corrected chi connectivity index (χ2v) is 5.21. The standard InChI is InChI=1S/C12H14IN3/c1-7(2)11-14-12(16-15-11)9-6-4-5-8(3)10(9)13/h4-7H,1-3H3,(H,14,15,16). The zero-order chi connectivity index (χ0) is 11.7. The Morgan fingerprint density at radius 1 is 1.31 bits per heavy atom. The zero-order valence-corrected chi connectivity index (χ0v) is 11.7. The maximum absolute atomic E-state index is 4.51. The van der Waals surface area contributed by atoms with Gasteiger partial charge in [0.25, 0.3) is 0 Å². The summed E-state index contributed by atoms with van der Waals surface area (Å²) in [5.74, 6) is 2.10. The van der Waals surface area contributed by atoms with Gasteiger partial charge >= 0.3 is 0 Å². The van der Waals surface area contributed by atoms with Crippen molar-refractivity contribution in [3.05, 3.63) is 33.2 Å². The number of nitrogens with one attached hydrogen (secondary N) is 1. The fraction of sp³-hybridized carbons (Fsp3) is 0.333. The van der Waals surface area contributed by atoms with Crippen LogP contribution in [0.2, 0.25) is 0 Å². The molecule has 0 aliphatic heterocycles. The highest BCUT2D eigenvalue weighted by Gasteiger charge is 2.11. The molecule has 0 spiro atoms. The Balaban J connectivity index is 2.47. The van der Waals surface area contributed by atoms with E-state index >= 15 is 0 Å². The first-order chi connectivity index (χ1) is 7.59. The van der Waals surface area contributed by atoms with Gasteiger partial charge in [-0.05, 0) is 35.1 Å². The Hall–Kier alpha value is -0.910. The smallest absolute Gasteiger partial charge is 0.182 e. The van der Waals surface area contributed by atoms with Gasteiger partial charge in [-0.3, -0.25) is 5.10 Å². The molecule has 1 heterocycles. The SMILES string of the molecule is Cc1cccc(-c2n[nH]c(C(C)C)n2)c1I. The molecule has 0 amide bonds. The minimum absolute atomic E-state index is 0.378. The van der Waals surface area contributed by atoms with Gasteiger partial charge in [-0.25, -0.2) is 4.98 Å². The van der Waals surface area contributed by atoms with Crippen LogP contribution in [-0.2, 0) is 0 Å². The Labute approximate surface area is 109 Å². The van der Waals surface area contributed by atoms with Crippen molar-refractivity contribution in [2.45, 2.75) is 26.7 Å². The molecule has 2 rings (SSSR count). The first-order valence-corrected chi connectivity index (χ1v) is 6.35. The first-order valence-electron chi connectivity index (χ1n) is 5.27. The molecular weight excluding hydrogens is 313 g/mol. The van der Waals surface area contributed by atoms with Gasteiger partial charge in [-0.1, -0.05) is 32.0 Å². The molecule has 0 unspecified atom stereocenters. The van der Waals surface area contributed by atoms with Crippen LogP contribution in [0.15, 0.2) is 18.2 Å². The predicted molar refractivity (Wildman–Crippen MR) is 73.4 cm³/mol. The lowest BCUT2D eigenvalue weighted by molar-refractivity contribution is 0.781. The van der Waals surface area contributed by atoms with Crippen molar-refractivity contribution in [1.82, 2.24) is 15.2 Å². The van der Waals surface area contributed by atoms with E-state index in [0.29, 0.717) is 5.92 Å². The van der Waals surface area contributed by atoms with Gasteiger partial charge in [0, 0.05) is 15.1 Å². The normalized spacial score (nSPS) is 11.1. The topological polar surface area (TPSA) is 41.6 Å². The summed E-state index contributed by atoms with van der Waals surface area (Å²) in [5.41, 5.74) is 2.36. The second-order valence-electron chi connectivity index (χ2n) is 4.14. The molecule has 0 bridgehead atoms. The molecule has 1 aromatic heterocycles. The van der Waals surface area contributed by atoms with Crippen LogP contribution in [0.4, 0.5) is 0 Å². The molecule has 2 aromatic rings. The van der Waals surface area contributed by atoms with Crippen molar-refractivity contribution in [3.63, 3.8) is 0 Å². The van der Waals surface area contributed by atoms with Crippen molar-refractivity contribution < 1.29 is 0 Å². The van der Waals surface area contributed by atoms with E-state index in [0.717, 1.165) is 17.2 Å². The number of H-pyrrole nitrogens is 1. The molecule has 84 valence electrons. The van der Waals surface area contributed by atoms with Gasteiger partial charge in [0.1, 0.15) is 5.82 Å². The Morgan fingerprint density at radius 2 is 2.06 bits per heavy atom. The molecule has 0 atom stereocenters. The first kappa shape index (κ1) is 11.6. The van der Waals surface area contributed by atoms with Crippen LogP contribution in [-0.4, -0.2) is 15.2 Å². The number of hydrogen-bond acceptors (Lipinski definition) is 2. The van der Waals surface area contributed by atoms with Crippen molar-refractivity contribution in [2.24, 2.45) is 0 Å². The molecule has 3 nitrogen and oxygen atoms in total. The van der Waals surface area contributed by atoms with Gasteiger partial charge in [0.05, 0.1) is 0 Å². The van der Waals surface area contributed by atoms with Crippen LogP contribution in [0.3, 0.4) is 0 Å². The third-order valence-electron chi connectivity index (χ3n) is 2.48. The summed E-state index contributed by atoms with van der Waals surface area (Å²) in [6, 6.07) is 6.20. The monoisotopic (exact) mass is 327 g/mol. The number of benzene rings is 1. The lowest BCUT2D eigenvalue weighted by atomic mass is 10.1. The highest BCUT2D eigenvalue weighted by atomic mass is 127. The number of aromatic amines is 1. The quantitative estimate of drug-likeness (QED) is 0.858. The van der Waals surface area contributed by atoms with E-state index < -0.39 is 0 Å². The summed E-state index contributed by atoms with van der Waals surface area (Å²) in [5, 5.41) is 7.25. The molecule has 4 heteroatoms. The van der Waals surface area contributed by atoms with Gasteiger partial charge in [-0.15, -0.1) is 0 Å². The summed E-state index contributed by atoms with van der Waals surface area (Å²) in [6.07, 6.45) is 0. The average Bonchev–Trinajstić information content (AvgIpc) is 2.71. The van der Waals surface area contributed by atoms with Crippen molar-refractivity contribution in [2.75, 3.05) is 0 Å².